The predicted octanol–water partition coefficient (Wildman–Crippen LogP) is 0.740. The second kappa shape index (κ2) is 6.05. The molecule has 2 amide bonds. The van der Waals surface area contributed by atoms with Crippen LogP contribution in [0, 0.1) is 0 Å². The van der Waals surface area contributed by atoms with Gasteiger partial charge in [-0.1, -0.05) is 18.2 Å². The SMILES string of the molecule is C[C@@H]1CN(C(=O)c2ccccc2)CCN1C(=O)[C@@H](C)O. The number of rotatable bonds is 2. The molecule has 2 rings (SSSR count). The second-order valence-electron chi connectivity index (χ2n) is 5.17. The minimum Gasteiger partial charge on any atom is -0.384 e. The standard InChI is InChI=1S/C15H20N2O3/c1-11-10-16(8-9-17(11)14(19)12(2)18)15(20)13-6-4-3-5-7-13/h3-7,11-12,18H,8-10H2,1-2H3/t11-,12-/m1/s1. The molecule has 5 heteroatoms. The van der Waals surface area contributed by atoms with Crippen LogP contribution in [0.15, 0.2) is 30.3 Å². The molecule has 1 aliphatic rings. The lowest BCUT2D eigenvalue weighted by Crippen LogP contribution is -2.57. The van der Waals surface area contributed by atoms with Crippen molar-refractivity contribution < 1.29 is 14.7 Å². The number of carbonyl (C=O) groups excluding carboxylic acids is 2. The van der Waals surface area contributed by atoms with Crippen molar-refractivity contribution >= 4 is 11.8 Å². The van der Waals surface area contributed by atoms with Crippen LogP contribution in [0.5, 0.6) is 0 Å². The summed E-state index contributed by atoms with van der Waals surface area (Å²) in [5, 5.41) is 9.37. The number of carbonyl (C=O) groups is 2. The summed E-state index contributed by atoms with van der Waals surface area (Å²) in [7, 11) is 0. The molecule has 1 saturated heterocycles. The molecule has 1 aliphatic heterocycles. The first kappa shape index (κ1) is 14.5. The molecule has 1 aromatic carbocycles. The highest BCUT2D eigenvalue weighted by Gasteiger charge is 2.31. The van der Waals surface area contributed by atoms with Gasteiger partial charge in [-0.15, -0.1) is 0 Å². The summed E-state index contributed by atoms with van der Waals surface area (Å²) in [6.07, 6.45) is -0.992. The summed E-state index contributed by atoms with van der Waals surface area (Å²) < 4.78 is 0. The van der Waals surface area contributed by atoms with Gasteiger partial charge in [0.2, 0.25) is 0 Å². The van der Waals surface area contributed by atoms with Crippen molar-refractivity contribution in [1.82, 2.24) is 9.80 Å². The van der Waals surface area contributed by atoms with Crippen molar-refractivity contribution in [3.05, 3.63) is 35.9 Å². The maximum absolute atomic E-state index is 12.3. The zero-order chi connectivity index (χ0) is 14.7. The molecule has 0 aliphatic carbocycles. The fourth-order valence-corrected chi connectivity index (χ4v) is 2.47. The third kappa shape index (κ3) is 2.99. The van der Waals surface area contributed by atoms with Crippen LogP contribution >= 0.6 is 0 Å². The molecular formula is C15H20N2O3. The molecule has 20 heavy (non-hydrogen) atoms. The van der Waals surface area contributed by atoms with Gasteiger partial charge in [-0.05, 0) is 26.0 Å². The van der Waals surface area contributed by atoms with Crippen LogP contribution in [0.2, 0.25) is 0 Å². The van der Waals surface area contributed by atoms with E-state index in [1.165, 1.54) is 6.92 Å². The molecule has 0 unspecified atom stereocenters. The van der Waals surface area contributed by atoms with Gasteiger partial charge in [0, 0.05) is 31.2 Å². The van der Waals surface area contributed by atoms with Gasteiger partial charge in [-0.25, -0.2) is 0 Å². The third-order valence-electron chi connectivity index (χ3n) is 3.58. The Labute approximate surface area is 118 Å². The summed E-state index contributed by atoms with van der Waals surface area (Å²) in [5.41, 5.74) is 0.662. The zero-order valence-corrected chi connectivity index (χ0v) is 11.8. The highest BCUT2D eigenvalue weighted by Crippen LogP contribution is 2.14. The summed E-state index contributed by atoms with van der Waals surface area (Å²) in [6, 6.07) is 9.05. The van der Waals surface area contributed by atoms with Crippen LogP contribution in [0.4, 0.5) is 0 Å². The minimum atomic E-state index is -0.992. The number of hydrogen-bond acceptors (Lipinski definition) is 3. The van der Waals surface area contributed by atoms with Gasteiger partial charge < -0.3 is 14.9 Å². The first-order valence-electron chi connectivity index (χ1n) is 6.83. The lowest BCUT2D eigenvalue weighted by atomic mass is 10.1. The first-order chi connectivity index (χ1) is 9.50. The molecule has 5 nitrogen and oxygen atoms in total. The van der Waals surface area contributed by atoms with Crippen LogP contribution in [-0.4, -0.2) is 58.5 Å². The van der Waals surface area contributed by atoms with E-state index in [9.17, 15) is 14.7 Å². The van der Waals surface area contributed by atoms with E-state index in [-0.39, 0.29) is 17.9 Å². The topological polar surface area (TPSA) is 60.9 Å². The van der Waals surface area contributed by atoms with Crippen LogP contribution in [0.3, 0.4) is 0 Å². The Morgan fingerprint density at radius 2 is 1.90 bits per heavy atom. The number of aliphatic hydroxyl groups is 1. The van der Waals surface area contributed by atoms with Crippen molar-refractivity contribution in [2.45, 2.75) is 26.0 Å². The van der Waals surface area contributed by atoms with Gasteiger partial charge in [0.05, 0.1) is 0 Å². The van der Waals surface area contributed by atoms with Gasteiger partial charge in [0.1, 0.15) is 6.10 Å². The number of aliphatic hydroxyl groups excluding tert-OH is 1. The van der Waals surface area contributed by atoms with Crippen molar-refractivity contribution in [2.75, 3.05) is 19.6 Å². The van der Waals surface area contributed by atoms with Crippen LogP contribution < -0.4 is 0 Å². The molecule has 1 fully saturated rings. The van der Waals surface area contributed by atoms with Gasteiger partial charge in [-0.2, -0.15) is 0 Å². The molecule has 0 saturated carbocycles. The van der Waals surface area contributed by atoms with Crippen LogP contribution in [0.25, 0.3) is 0 Å². The Morgan fingerprint density at radius 1 is 1.25 bits per heavy atom. The Hall–Kier alpha value is -1.88. The quantitative estimate of drug-likeness (QED) is 0.866. The number of benzene rings is 1. The van der Waals surface area contributed by atoms with Crippen molar-refractivity contribution in [3.63, 3.8) is 0 Å². The Morgan fingerprint density at radius 3 is 2.45 bits per heavy atom. The van der Waals surface area contributed by atoms with E-state index in [0.717, 1.165) is 0 Å². The van der Waals surface area contributed by atoms with Crippen LogP contribution in [-0.2, 0) is 4.79 Å². The van der Waals surface area contributed by atoms with Crippen molar-refractivity contribution in [3.8, 4) is 0 Å². The molecule has 0 aromatic heterocycles. The predicted molar refractivity (Wildman–Crippen MR) is 75.2 cm³/mol. The molecule has 1 N–H and O–H groups in total. The molecule has 2 atom stereocenters. The monoisotopic (exact) mass is 276 g/mol. The third-order valence-corrected chi connectivity index (χ3v) is 3.58. The molecular weight excluding hydrogens is 256 g/mol. The number of amides is 2. The molecule has 0 radical (unpaired) electrons. The van der Waals surface area contributed by atoms with Crippen molar-refractivity contribution in [2.24, 2.45) is 0 Å². The lowest BCUT2D eigenvalue weighted by Gasteiger charge is -2.40. The largest absolute Gasteiger partial charge is 0.384 e. The Kier molecular flexibility index (Phi) is 4.39. The Balaban J connectivity index is 2.02. The second-order valence-corrected chi connectivity index (χ2v) is 5.17. The summed E-state index contributed by atoms with van der Waals surface area (Å²) in [5.74, 6) is -0.286. The van der Waals surface area contributed by atoms with Gasteiger partial charge in [0.15, 0.2) is 0 Å². The average molecular weight is 276 g/mol. The van der Waals surface area contributed by atoms with Gasteiger partial charge in [-0.3, -0.25) is 9.59 Å². The fraction of sp³-hybridized carbons (Fsp3) is 0.467. The molecule has 1 aromatic rings. The van der Waals surface area contributed by atoms with Crippen molar-refractivity contribution in [1.29, 1.82) is 0 Å². The number of nitrogens with zero attached hydrogens (tertiary/aromatic N) is 2. The highest BCUT2D eigenvalue weighted by molar-refractivity contribution is 5.94. The zero-order valence-electron chi connectivity index (χ0n) is 11.8. The average Bonchev–Trinajstić information content (AvgIpc) is 2.46. The maximum atomic E-state index is 12.3. The van der Waals surface area contributed by atoms with Gasteiger partial charge >= 0.3 is 0 Å². The fourth-order valence-electron chi connectivity index (χ4n) is 2.47. The molecule has 1 heterocycles. The smallest absolute Gasteiger partial charge is 0.253 e. The molecule has 0 bridgehead atoms. The lowest BCUT2D eigenvalue weighted by molar-refractivity contribution is -0.143. The highest BCUT2D eigenvalue weighted by atomic mass is 16.3. The van der Waals surface area contributed by atoms with E-state index in [4.69, 9.17) is 0 Å². The van der Waals surface area contributed by atoms with E-state index >= 15 is 0 Å². The first-order valence-corrected chi connectivity index (χ1v) is 6.83. The molecule has 108 valence electrons. The maximum Gasteiger partial charge on any atom is 0.253 e. The van der Waals surface area contributed by atoms with Crippen LogP contribution in [0.1, 0.15) is 24.2 Å². The summed E-state index contributed by atoms with van der Waals surface area (Å²) in [6.45, 7) is 4.81. The minimum absolute atomic E-state index is 0.0124. The molecule has 0 spiro atoms. The summed E-state index contributed by atoms with van der Waals surface area (Å²) >= 11 is 0. The number of hydrogen-bond donors (Lipinski definition) is 1. The van der Waals surface area contributed by atoms with E-state index in [0.29, 0.717) is 25.2 Å². The Bertz CT molecular complexity index is 487. The van der Waals surface area contributed by atoms with E-state index < -0.39 is 6.10 Å². The summed E-state index contributed by atoms with van der Waals surface area (Å²) in [4.78, 5) is 27.6. The normalized spacial score (nSPS) is 20.6. The van der Waals surface area contributed by atoms with E-state index in [1.807, 2.05) is 25.1 Å². The van der Waals surface area contributed by atoms with E-state index in [1.54, 1.807) is 21.9 Å². The number of piperazine rings is 1. The van der Waals surface area contributed by atoms with Gasteiger partial charge in [0.25, 0.3) is 11.8 Å². The van der Waals surface area contributed by atoms with E-state index in [2.05, 4.69) is 0 Å².